The molecule has 0 heterocycles. The van der Waals surface area contributed by atoms with E-state index in [1.54, 1.807) is 18.2 Å². The summed E-state index contributed by atoms with van der Waals surface area (Å²) < 4.78 is 0. The number of benzene rings is 1. The number of amides is 1. The number of para-hydroxylation sites is 1. The van der Waals surface area contributed by atoms with Crippen molar-refractivity contribution in [1.82, 2.24) is 0 Å². The van der Waals surface area contributed by atoms with Gasteiger partial charge < -0.3 is 16.4 Å². The molecule has 1 aromatic rings. The number of hydrogen-bond acceptors (Lipinski definition) is 3. The molecule has 0 aliphatic heterocycles. The van der Waals surface area contributed by atoms with Gasteiger partial charge >= 0.3 is 0 Å². The number of hydrogen-bond donors (Lipinski definition) is 2. The number of nitrogen functional groups attached to an aromatic ring is 1. The molecule has 1 amide bonds. The Balaban J connectivity index is 2.98. The molecular formula is C13H21N3O. The van der Waals surface area contributed by atoms with Crippen LogP contribution in [0.3, 0.4) is 0 Å². The maximum absolute atomic E-state index is 11.4. The largest absolute Gasteiger partial charge is 0.397 e. The molecule has 1 aromatic carbocycles. The van der Waals surface area contributed by atoms with Gasteiger partial charge in [0.25, 0.3) is 5.91 Å². The molecule has 0 saturated heterocycles. The van der Waals surface area contributed by atoms with Crippen LogP contribution in [0.2, 0.25) is 0 Å². The van der Waals surface area contributed by atoms with Crippen molar-refractivity contribution in [2.45, 2.75) is 20.3 Å². The molecule has 0 aromatic heterocycles. The number of nitrogens with zero attached hydrogens (tertiary/aromatic N) is 1. The van der Waals surface area contributed by atoms with E-state index in [1.165, 1.54) is 0 Å². The first-order valence-corrected chi connectivity index (χ1v) is 5.83. The van der Waals surface area contributed by atoms with Crippen LogP contribution >= 0.6 is 0 Å². The van der Waals surface area contributed by atoms with Crippen molar-refractivity contribution in [3.05, 3.63) is 23.8 Å². The smallest absolute Gasteiger partial charge is 0.250 e. The maximum Gasteiger partial charge on any atom is 0.250 e. The van der Waals surface area contributed by atoms with Crippen LogP contribution in [-0.4, -0.2) is 19.5 Å². The number of nitrogens with two attached hydrogens (primary N) is 2. The third-order valence-electron chi connectivity index (χ3n) is 2.76. The second kappa shape index (κ2) is 5.57. The van der Waals surface area contributed by atoms with Crippen molar-refractivity contribution in [3.63, 3.8) is 0 Å². The molecule has 0 aliphatic carbocycles. The van der Waals surface area contributed by atoms with Gasteiger partial charge in [0, 0.05) is 13.6 Å². The van der Waals surface area contributed by atoms with Crippen LogP contribution < -0.4 is 16.4 Å². The van der Waals surface area contributed by atoms with Gasteiger partial charge in [-0.1, -0.05) is 19.9 Å². The van der Waals surface area contributed by atoms with Crippen LogP contribution in [0.5, 0.6) is 0 Å². The molecule has 1 rings (SSSR count). The lowest BCUT2D eigenvalue weighted by Crippen LogP contribution is -2.25. The van der Waals surface area contributed by atoms with E-state index in [2.05, 4.69) is 13.8 Å². The zero-order valence-corrected chi connectivity index (χ0v) is 10.7. The first-order valence-electron chi connectivity index (χ1n) is 5.83. The van der Waals surface area contributed by atoms with Crippen molar-refractivity contribution in [1.29, 1.82) is 0 Å². The highest BCUT2D eigenvalue weighted by Gasteiger charge is 2.14. The molecule has 0 bridgehead atoms. The minimum Gasteiger partial charge on any atom is -0.397 e. The van der Waals surface area contributed by atoms with Crippen molar-refractivity contribution in [3.8, 4) is 0 Å². The Labute approximate surface area is 103 Å². The highest BCUT2D eigenvalue weighted by molar-refractivity contribution is 6.01. The Hall–Kier alpha value is -1.71. The summed E-state index contributed by atoms with van der Waals surface area (Å²) in [7, 11) is 1.93. The van der Waals surface area contributed by atoms with Crippen molar-refractivity contribution < 1.29 is 4.79 Å². The van der Waals surface area contributed by atoms with Crippen molar-refractivity contribution in [2.75, 3.05) is 24.2 Å². The number of anilines is 2. The second-order valence-corrected chi connectivity index (χ2v) is 4.71. The summed E-state index contributed by atoms with van der Waals surface area (Å²) in [6, 6.07) is 5.24. The van der Waals surface area contributed by atoms with E-state index < -0.39 is 5.91 Å². The summed E-state index contributed by atoms with van der Waals surface area (Å²) in [4.78, 5) is 13.4. The fraction of sp³-hybridized carbons (Fsp3) is 0.462. The summed E-state index contributed by atoms with van der Waals surface area (Å²) in [6.45, 7) is 5.18. The number of rotatable bonds is 5. The van der Waals surface area contributed by atoms with Crippen LogP contribution in [-0.2, 0) is 0 Å². The standard InChI is InChI=1S/C13H21N3O/c1-9(2)7-8-16(3)12-10(13(15)17)5-4-6-11(12)14/h4-6,9H,7-8,14H2,1-3H3,(H2,15,17). The summed E-state index contributed by atoms with van der Waals surface area (Å²) in [5.41, 5.74) is 13.1. The minimum atomic E-state index is -0.441. The van der Waals surface area contributed by atoms with Crippen LogP contribution in [0.25, 0.3) is 0 Å². The summed E-state index contributed by atoms with van der Waals surface area (Å²) in [6.07, 6.45) is 1.04. The maximum atomic E-state index is 11.4. The van der Waals surface area contributed by atoms with E-state index in [0.717, 1.165) is 18.7 Å². The van der Waals surface area contributed by atoms with E-state index in [-0.39, 0.29) is 0 Å². The van der Waals surface area contributed by atoms with Crippen LogP contribution in [0, 0.1) is 5.92 Å². The normalized spacial score (nSPS) is 10.6. The molecule has 94 valence electrons. The van der Waals surface area contributed by atoms with E-state index in [9.17, 15) is 4.79 Å². The Bertz CT molecular complexity index is 402. The lowest BCUT2D eigenvalue weighted by molar-refractivity contribution is 0.100. The van der Waals surface area contributed by atoms with Gasteiger partial charge in [-0.3, -0.25) is 4.79 Å². The third-order valence-corrected chi connectivity index (χ3v) is 2.76. The summed E-state index contributed by atoms with van der Waals surface area (Å²) >= 11 is 0. The van der Waals surface area contributed by atoms with Gasteiger partial charge in [-0.25, -0.2) is 0 Å². The van der Waals surface area contributed by atoms with Gasteiger partial charge in [0.1, 0.15) is 0 Å². The van der Waals surface area contributed by atoms with Gasteiger partial charge in [-0.15, -0.1) is 0 Å². The van der Waals surface area contributed by atoms with E-state index >= 15 is 0 Å². The molecule has 17 heavy (non-hydrogen) atoms. The van der Waals surface area contributed by atoms with Crippen LogP contribution in [0.1, 0.15) is 30.6 Å². The van der Waals surface area contributed by atoms with Crippen LogP contribution in [0.4, 0.5) is 11.4 Å². The van der Waals surface area contributed by atoms with Crippen LogP contribution in [0.15, 0.2) is 18.2 Å². The summed E-state index contributed by atoms with van der Waals surface area (Å²) in [5.74, 6) is 0.170. The molecular weight excluding hydrogens is 214 g/mol. The Kier molecular flexibility index (Phi) is 4.37. The lowest BCUT2D eigenvalue weighted by atomic mass is 10.1. The highest BCUT2D eigenvalue weighted by Crippen LogP contribution is 2.27. The fourth-order valence-electron chi connectivity index (χ4n) is 1.75. The number of primary amides is 1. The minimum absolute atomic E-state index is 0.441. The first-order chi connectivity index (χ1) is 7.93. The van der Waals surface area contributed by atoms with Gasteiger partial charge in [0.2, 0.25) is 0 Å². The SMILES string of the molecule is CC(C)CCN(C)c1c(N)cccc1C(N)=O. The molecule has 4 nitrogen and oxygen atoms in total. The highest BCUT2D eigenvalue weighted by atomic mass is 16.1. The zero-order valence-electron chi connectivity index (χ0n) is 10.7. The molecule has 0 radical (unpaired) electrons. The first kappa shape index (κ1) is 13.4. The predicted molar refractivity (Wildman–Crippen MR) is 72.1 cm³/mol. The van der Waals surface area contributed by atoms with E-state index in [0.29, 0.717) is 17.2 Å². The number of carbonyl (C=O) groups is 1. The lowest BCUT2D eigenvalue weighted by Gasteiger charge is -2.24. The average molecular weight is 235 g/mol. The third kappa shape index (κ3) is 3.37. The van der Waals surface area contributed by atoms with E-state index in [1.807, 2.05) is 11.9 Å². The molecule has 0 aliphatic rings. The Morgan fingerprint density at radius 1 is 1.41 bits per heavy atom. The second-order valence-electron chi connectivity index (χ2n) is 4.71. The zero-order chi connectivity index (χ0) is 13.0. The average Bonchev–Trinajstić information content (AvgIpc) is 2.25. The molecule has 0 saturated carbocycles. The van der Waals surface area contributed by atoms with Crippen molar-refractivity contribution >= 4 is 17.3 Å². The van der Waals surface area contributed by atoms with Gasteiger partial charge in [0.05, 0.1) is 16.9 Å². The van der Waals surface area contributed by atoms with Gasteiger partial charge in [-0.05, 0) is 24.5 Å². The Morgan fingerprint density at radius 3 is 2.59 bits per heavy atom. The topological polar surface area (TPSA) is 72.3 Å². The molecule has 0 unspecified atom stereocenters. The van der Waals surface area contributed by atoms with Gasteiger partial charge in [-0.2, -0.15) is 0 Å². The van der Waals surface area contributed by atoms with Crippen molar-refractivity contribution in [2.24, 2.45) is 11.7 Å². The monoisotopic (exact) mass is 235 g/mol. The van der Waals surface area contributed by atoms with E-state index in [4.69, 9.17) is 11.5 Å². The Morgan fingerprint density at radius 2 is 2.06 bits per heavy atom. The fourth-order valence-corrected chi connectivity index (χ4v) is 1.75. The quantitative estimate of drug-likeness (QED) is 0.765. The molecule has 4 N–H and O–H groups in total. The molecule has 0 fully saturated rings. The predicted octanol–water partition coefficient (Wildman–Crippen LogP) is 1.85. The molecule has 0 atom stereocenters. The molecule has 0 spiro atoms. The number of carbonyl (C=O) groups excluding carboxylic acids is 1. The summed E-state index contributed by atoms with van der Waals surface area (Å²) in [5, 5.41) is 0. The van der Waals surface area contributed by atoms with Gasteiger partial charge in [0.15, 0.2) is 0 Å². The molecule has 4 heteroatoms.